The SMILES string of the molecule is Cc1cc(C)c(C)c(-c2c3ccc(C(C)C)cc3cc[n+]2C)c1.Cc1cc(C)c(C)c(-c2c3ccc(CC(C)C)cc3cc[n+]2C)c1.Cc1cc(C)c(C)c(-c2c3ccccc3cc[n+]2C)c1.[2H]C(C)(C)c1ccc2c(-c3cc(C)cc(C)c3C)[n+](C)ccc2c1.[2H]C([2H])([2H])C([2H])(C)c1ccc2c(-c3cc(C)cc(C)c3C)[n+](C)ccc2c1.[2H]C([2H])(c1ccc2c(-c3cc(C)cc(C)c3C)[n+](C)ccc2c1)C(C)C. The fourth-order valence-corrected chi connectivity index (χ4v) is 19.9. The number of nitrogens with zero attached hydrogens (tertiary/aromatic N) is 6. The quantitative estimate of drug-likeness (QED) is 0.103. The maximum atomic E-state index is 8.41. The Kier molecular flexibility index (Phi) is 29.0. The third-order valence-corrected chi connectivity index (χ3v) is 28.0. The van der Waals surface area contributed by atoms with E-state index in [0.717, 1.165) is 44.8 Å². The highest BCUT2D eigenvalue weighted by molar-refractivity contribution is 5.99. The Bertz CT molecular complexity index is 7960. The molecule has 0 radical (unpaired) electrons. The van der Waals surface area contributed by atoms with Gasteiger partial charge < -0.3 is 0 Å². The molecule has 0 aliphatic heterocycles. The van der Waals surface area contributed by atoms with Gasteiger partial charge in [0, 0.05) is 46.0 Å². The van der Waals surface area contributed by atoms with Crippen LogP contribution < -0.4 is 27.4 Å². The van der Waals surface area contributed by atoms with Crippen LogP contribution in [-0.4, -0.2) is 0 Å². The van der Waals surface area contributed by atoms with Gasteiger partial charge in [0.15, 0.2) is 37.2 Å². The summed E-state index contributed by atoms with van der Waals surface area (Å²) >= 11 is 0. The van der Waals surface area contributed by atoms with Gasteiger partial charge in [-0.05, 0) is 367 Å². The Balaban J connectivity index is 0.000000145. The van der Waals surface area contributed by atoms with E-state index in [1.54, 1.807) is 6.07 Å². The first-order valence-corrected chi connectivity index (χ1v) is 49.1. The summed E-state index contributed by atoms with van der Waals surface area (Å²) in [6.45, 7) is 55.0. The third-order valence-electron chi connectivity index (χ3n) is 28.0. The van der Waals surface area contributed by atoms with Crippen LogP contribution in [0.25, 0.3) is 132 Å². The van der Waals surface area contributed by atoms with Crippen molar-refractivity contribution in [1.82, 2.24) is 0 Å². The molecule has 6 nitrogen and oxygen atoms in total. The molecule has 137 heavy (non-hydrogen) atoms. The van der Waals surface area contributed by atoms with E-state index in [2.05, 4.69) is 434 Å². The zero-order valence-electron chi connectivity index (χ0n) is 95.4. The second-order valence-corrected chi connectivity index (χ2v) is 40.6. The Morgan fingerprint density at radius 1 is 0.241 bits per heavy atom. The molecule has 18 rings (SSSR count). The molecule has 0 amide bonds. The zero-order chi connectivity index (χ0) is 105. The minimum absolute atomic E-state index is 0.0686. The maximum absolute atomic E-state index is 8.41. The van der Waals surface area contributed by atoms with Crippen molar-refractivity contribution >= 4 is 64.6 Å². The molecule has 6 aromatic heterocycles. The van der Waals surface area contributed by atoms with Gasteiger partial charge in [-0.3, -0.25) is 0 Å². The van der Waals surface area contributed by atoms with Crippen molar-refractivity contribution in [3.63, 3.8) is 0 Å². The summed E-state index contributed by atoms with van der Waals surface area (Å²) in [4.78, 5) is 0. The number of hydrogen-bond acceptors (Lipinski definition) is 0. The highest BCUT2D eigenvalue weighted by Crippen LogP contribution is 2.40. The van der Waals surface area contributed by atoms with Crippen LogP contribution in [0.1, 0.15) is 224 Å². The summed E-state index contributed by atoms with van der Waals surface area (Å²) in [5.41, 5.74) is 43.9. The smallest absolute Gasteiger partial charge is 0.200 e. The van der Waals surface area contributed by atoms with Crippen LogP contribution in [0.5, 0.6) is 0 Å². The van der Waals surface area contributed by atoms with Crippen molar-refractivity contribution in [3.8, 4) is 67.5 Å². The molecule has 1 unspecified atom stereocenters. The van der Waals surface area contributed by atoms with Gasteiger partial charge in [0.05, 0.1) is 65.7 Å². The van der Waals surface area contributed by atoms with E-state index in [0.29, 0.717) is 17.4 Å². The molecule has 0 saturated carbocycles. The first-order chi connectivity index (χ1) is 67.6. The molecule has 0 saturated heterocycles. The van der Waals surface area contributed by atoms with Crippen LogP contribution in [0.4, 0.5) is 0 Å². The molecule has 6 heterocycles. The van der Waals surface area contributed by atoms with E-state index < -0.39 is 25.0 Å². The average molecular weight is 1820 g/mol. The molecule has 702 valence electrons. The van der Waals surface area contributed by atoms with E-state index >= 15 is 0 Å². The van der Waals surface area contributed by atoms with Crippen molar-refractivity contribution in [1.29, 1.82) is 0 Å². The molecule has 0 N–H and O–H groups in total. The predicted molar refractivity (Wildman–Crippen MR) is 588 cm³/mol. The van der Waals surface area contributed by atoms with E-state index in [1.165, 1.54) is 223 Å². The Morgan fingerprint density at radius 3 is 0.759 bits per heavy atom. The van der Waals surface area contributed by atoms with Gasteiger partial charge in [-0.1, -0.05) is 218 Å². The highest BCUT2D eigenvalue weighted by atomic mass is 14.9. The Hall–Kier alpha value is -12.9. The van der Waals surface area contributed by atoms with Gasteiger partial charge in [-0.2, -0.15) is 0 Å². The molecular weight excluding hydrogens is 1660 g/mol. The van der Waals surface area contributed by atoms with Crippen LogP contribution in [0.2, 0.25) is 0 Å². The van der Waals surface area contributed by atoms with Crippen LogP contribution in [0.3, 0.4) is 0 Å². The summed E-state index contributed by atoms with van der Waals surface area (Å²) in [5.74, 6) is -1.05. The Labute approximate surface area is 832 Å². The highest BCUT2D eigenvalue weighted by Gasteiger charge is 2.27. The molecule has 6 heteroatoms. The predicted octanol–water partition coefficient (Wildman–Crippen LogP) is 31.3. The molecular formula is C131H154N6+6. The van der Waals surface area contributed by atoms with Gasteiger partial charge in [0.2, 0.25) is 34.2 Å². The molecule has 0 aliphatic carbocycles. The lowest BCUT2D eigenvalue weighted by molar-refractivity contribution is -0.659. The van der Waals surface area contributed by atoms with Gasteiger partial charge in [-0.15, -0.1) is 0 Å². The Morgan fingerprint density at radius 2 is 0.482 bits per heavy atom. The van der Waals surface area contributed by atoms with E-state index in [1.807, 2.05) is 71.3 Å². The topological polar surface area (TPSA) is 23.3 Å². The number of benzene rings is 12. The number of hydrogen-bond donors (Lipinski definition) is 0. The first-order valence-electron chi connectivity index (χ1n) is 52.6. The number of rotatable bonds is 13. The lowest BCUT2D eigenvalue weighted by atomic mass is 9.93. The van der Waals surface area contributed by atoms with E-state index in [-0.39, 0.29) is 5.92 Å². The average Bonchev–Trinajstić information content (AvgIpc) is 0.754. The van der Waals surface area contributed by atoms with Crippen molar-refractivity contribution in [2.24, 2.45) is 54.1 Å². The summed E-state index contributed by atoms with van der Waals surface area (Å²) in [5, 5.41) is 14.6. The van der Waals surface area contributed by atoms with E-state index in [9.17, 15) is 0 Å². The number of aromatic nitrogens is 6. The summed E-state index contributed by atoms with van der Waals surface area (Å²) in [6.07, 6.45) is 12.5. The van der Waals surface area contributed by atoms with Crippen molar-refractivity contribution in [2.45, 2.75) is 224 Å². The molecule has 18 aromatic rings. The normalized spacial score (nSPS) is 12.8. The van der Waals surface area contributed by atoms with Crippen LogP contribution in [-0.2, 0) is 55.1 Å². The first kappa shape index (κ1) is 91.8. The summed E-state index contributed by atoms with van der Waals surface area (Å²) in [6, 6.07) is 80.4. The molecule has 0 spiro atoms. The van der Waals surface area contributed by atoms with Crippen LogP contribution in [0.15, 0.2) is 262 Å². The zero-order valence-corrected chi connectivity index (χ0v) is 88.4. The molecule has 12 aromatic carbocycles. The fourth-order valence-electron chi connectivity index (χ4n) is 19.9. The summed E-state index contributed by atoms with van der Waals surface area (Å²) < 4.78 is 69.8. The number of aryl methyl sites for hydroxylation is 18. The fraction of sp³-hybridized carbons (Fsp3) is 0.313. The lowest BCUT2D eigenvalue weighted by Crippen LogP contribution is -2.30. The van der Waals surface area contributed by atoms with Gasteiger partial charge in [0.1, 0.15) is 42.3 Å². The minimum atomic E-state index is -2.38. The summed E-state index contributed by atoms with van der Waals surface area (Å²) in [7, 11) is 12.6. The maximum Gasteiger partial charge on any atom is 0.220 e. The van der Waals surface area contributed by atoms with Crippen molar-refractivity contribution < 1.29 is 37.0 Å². The standard InChI is InChI=1S/2C23H28N.3C22H26N.C19H20N/c2*1-15(2)11-19-7-8-21-20(14-19)9-10-24(6)23(21)22-13-16(3)12-17(4)18(22)5;3*1-14(2)18-7-8-20-19(13-18)9-10-23(6)22(20)21-12-15(3)11-16(4)17(21)5;1-13-11-14(2)15(3)18(12-13)19-17-8-6-5-7-16(17)9-10-20(19)4/h2*7-10,12-15H,11H2,1-6H3;3*7-14H,1-6H3;5-12H,1-4H3/q6*+1/i11D2;;1D3,14D;14D;;. The monoisotopic (exact) mass is 1820 g/mol. The van der Waals surface area contributed by atoms with Gasteiger partial charge >= 0.3 is 0 Å². The second-order valence-electron chi connectivity index (χ2n) is 40.6. The number of pyridine rings is 6. The van der Waals surface area contributed by atoms with E-state index in [4.69, 9.17) is 9.60 Å². The van der Waals surface area contributed by atoms with Crippen LogP contribution in [0, 0.1) is 136 Å². The van der Waals surface area contributed by atoms with Gasteiger partial charge in [-0.25, -0.2) is 27.4 Å². The lowest BCUT2D eigenvalue weighted by Gasteiger charge is -2.12. The third kappa shape index (κ3) is 22.8. The van der Waals surface area contributed by atoms with Crippen molar-refractivity contribution in [3.05, 3.63) is 390 Å². The molecule has 0 fully saturated rings. The second kappa shape index (κ2) is 43.2. The van der Waals surface area contributed by atoms with Crippen molar-refractivity contribution in [2.75, 3.05) is 0 Å². The minimum Gasteiger partial charge on any atom is -0.200 e. The number of fused-ring (bicyclic) bond motifs is 6. The molecule has 1 atom stereocenters. The van der Waals surface area contributed by atoms with Gasteiger partial charge in [0.25, 0.3) is 0 Å². The molecule has 0 bridgehead atoms. The van der Waals surface area contributed by atoms with Crippen LogP contribution >= 0.6 is 0 Å². The largest absolute Gasteiger partial charge is 0.220 e. The molecule has 0 aliphatic rings.